The van der Waals surface area contributed by atoms with E-state index < -0.39 is 10.5 Å². The molecule has 6 heteroatoms. The average molecular weight is 282 g/mol. The lowest BCUT2D eigenvalue weighted by molar-refractivity contribution is -0.384. The van der Waals surface area contributed by atoms with Gasteiger partial charge in [-0.05, 0) is 32.5 Å². The minimum Gasteiger partial charge on any atom is -0.492 e. The molecule has 0 aliphatic carbocycles. The summed E-state index contributed by atoms with van der Waals surface area (Å²) in [4.78, 5) is 12.2. The van der Waals surface area contributed by atoms with Crippen molar-refractivity contribution in [3.05, 3.63) is 34.4 Å². The van der Waals surface area contributed by atoms with Crippen molar-refractivity contribution in [1.29, 1.82) is 0 Å². The Morgan fingerprint density at radius 1 is 1.35 bits per heavy atom. The Kier molecular flexibility index (Phi) is 5.91. The van der Waals surface area contributed by atoms with E-state index in [0.29, 0.717) is 25.4 Å². The van der Waals surface area contributed by atoms with Crippen molar-refractivity contribution >= 4 is 5.69 Å². The minimum atomic E-state index is -0.733. The molecule has 0 amide bonds. The smallest absolute Gasteiger partial charge is 0.269 e. The number of nitro groups is 1. The van der Waals surface area contributed by atoms with Crippen molar-refractivity contribution in [3.63, 3.8) is 0 Å². The Morgan fingerprint density at radius 3 is 2.40 bits per heavy atom. The summed E-state index contributed by atoms with van der Waals surface area (Å²) in [5, 5.41) is 20.3. The van der Waals surface area contributed by atoms with Gasteiger partial charge in [-0.15, -0.1) is 0 Å². The highest BCUT2D eigenvalue weighted by molar-refractivity contribution is 5.35. The van der Waals surface area contributed by atoms with Crippen molar-refractivity contribution in [3.8, 4) is 5.75 Å². The van der Waals surface area contributed by atoms with Crippen LogP contribution < -0.4 is 4.74 Å². The van der Waals surface area contributed by atoms with Gasteiger partial charge < -0.3 is 9.84 Å². The number of nitro benzene ring substituents is 1. The second kappa shape index (κ2) is 7.21. The Balaban J connectivity index is 2.41. The summed E-state index contributed by atoms with van der Waals surface area (Å²) in [6.07, 6.45) is 0. The number of nitrogens with zero attached hydrogens (tertiary/aromatic N) is 2. The zero-order chi connectivity index (χ0) is 15.2. The molecule has 1 N–H and O–H groups in total. The lowest BCUT2D eigenvalue weighted by atomic mass is 10.1. The van der Waals surface area contributed by atoms with Gasteiger partial charge in [0.15, 0.2) is 0 Å². The van der Waals surface area contributed by atoms with E-state index in [-0.39, 0.29) is 5.69 Å². The first kappa shape index (κ1) is 16.4. The van der Waals surface area contributed by atoms with E-state index in [2.05, 4.69) is 4.90 Å². The predicted molar refractivity (Wildman–Crippen MR) is 77.0 cm³/mol. The molecule has 0 saturated heterocycles. The number of non-ortho nitro benzene ring substituents is 1. The molecule has 0 unspecified atom stereocenters. The lowest BCUT2D eigenvalue weighted by Gasteiger charge is -2.27. The molecule has 0 atom stereocenters. The van der Waals surface area contributed by atoms with Crippen LogP contribution in [0.25, 0.3) is 0 Å². The van der Waals surface area contributed by atoms with Crippen LogP contribution in [-0.4, -0.2) is 46.8 Å². The van der Waals surface area contributed by atoms with E-state index in [0.717, 1.165) is 6.54 Å². The molecule has 1 aromatic rings. The van der Waals surface area contributed by atoms with Gasteiger partial charge in [-0.1, -0.05) is 6.92 Å². The summed E-state index contributed by atoms with van der Waals surface area (Å²) in [6, 6.07) is 6.02. The maximum absolute atomic E-state index is 10.5. The van der Waals surface area contributed by atoms with E-state index in [1.165, 1.54) is 12.1 Å². The van der Waals surface area contributed by atoms with E-state index >= 15 is 0 Å². The molecule has 0 bridgehead atoms. The fraction of sp³-hybridized carbons (Fsp3) is 0.571. The van der Waals surface area contributed by atoms with E-state index in [1.807, 2.05) is 6.92 Å². The number of aliphatic hydroxyl groups is 1. The number of likely N-dealkylation sites (N-methyl/N-ethyl adjacent to an activating group) is 1. The highest BCUT2D eigenvalue weighted by Gasteiger charge is 2.16. The molecule has 20 heavy (non-hydrogen) atoms. The van der Waals surface area contributed by atoms with Gasteiger partial charge >= 0.3 is 0 Å². The van der Waals surface area contributed by atoms with Gasteiger partial charge in [-0.2, -0.15) is 0 Å². The highest BCUT2D eigenvalue weighted by Crippen LogP contribution is 2.17. The molecule has 0 radical (unpaired) electrons. The Bertz CT molecular complexity index is 426. The number of ether oxygens (including phenoxy) is 1. The highest BCUT2D eigenvalue weighted by atomic mass is 16.6. The molecule has 0 spiro atoms. The van der Waals surface area contributed by atoms with Crippen molar-refractivity contribution in [2.24, 2.45) is 0 Å². The van der Waals surface area contributed by atoms with Crippen LogP contribution >= 0.6 is 0 Å². The average Bonchev–Trinajstić information content (AvgIpc) is 2.36. The molecule has 1 rings (SSSR count). The lowest BCUT2D eigenvalue weighted by Crippen LogP contribution is -2.40. The molecular weight excluding hydrogens is 260 g/mol. The molecule has 0 aromatic heterocycles. The van der Waals surface area contributed by atoms with E-state index in [9.17, 15) is 15.2 Å². The van der Waals surface area contributed by atoms with Crippen LogP contribution in [0.15, 0.2) is 24.3 Å². The zero-order valence-electron chi connectivity index (χ0n) is 12.2. The molecule has 0 fully saturated rings. The Labute approximate surface area is 119 Å². The third kappa shape index (κ3) is 5.99. The van der Waals surface area contributed by atoms with Gasteiger partial charge in [0.1, 0.15) is 12.4 Å². The Hall–Kier alpha value is -1.66. The van der Waals surface area contributed by atoms with Crippen molar-refractivity contribution in [2.45, 2.75) is 26.4 Å². The van der Waals surface area contributed by atoms with Crippen LogP contribution in [0.3, 0.4) is 0 Å². The number of rotatable bonds is 8. The molecule has 112 valence electrons. The van der Waals surface area contributed by atoms with Gasteiger partial charge in [0.25, 0.3) is 5.69 Å². The van der Waals surface area contributed by atoms with Gasteiger partial charge in [0.2, 0.25) is 0 Å². The maximum atomic E-state index is 10.5. The number of hydrogen-bond donors (Lipinski definition) is 1. The number of benzene rings is 1. The second-order valence-corrected chi connectivity index (χ2v) is 5.28. The van der Waals surface area contributed by atoms with Gasteiger partial charge in [0, 0.05) is 25.2 Å². The quantitative estimate of drug-likeness (QED) is 0.583. The third-order valence-electron chi connectivity index (χ3n) is 2.78. The summed E-state index contributed by atoms with van der Waals surface area (Å²) in [5.74, 6) is 0.606. The SMILES string of the molecule is CCN(CCOc1ccc([N+](=O)[O-])cc1)CC(C)(C)O. The molecule has 0 aliphatic rings. The van der Waals surface area contributed by atoms with Gasteiger partial charge in [-0.3, -0.25) is 15.0 Å². The van der Waals surface area contributed by atoms with Crippen LogP contribution in [0.2, 0.25) is 0 Å². The van der Waals surface area contributed by atoms with E-state index in [4.69, 9.17) is 4.74 Å². The van der Waals surface area contributed by atoms with Crippen LogP contribution in [0, 0.1) is 10.1 Å². The van der Waals surface area contributed by atoms with E-state index in [1.54, 1.807) is 26.0 Å². The monoisotopic (exact) mass is 282 g/mol. The summed E-state index contributed by atoms with van der Waals surface area (Å²) in [5.41, 5.74) is -0.682. The van der Waals surface area contributed by atoms with Crippen molar-refractivity contribution in [2.75, 3.05) is 26.2 Å². The Morgan fingerprint density at radius 2 is 1.95 bits per heavy atom. The first-order valence-corrected chi connectivity index (χ1v) is 6.64. The molecular formula is C14H22N2O4. The van der Waals surface area contributed by atoms with Crippen molar-refractivity contribution < 1.29 is 14.8 Å². The summed E-state index contributed by atoms with van der Waals surface area (Å²) in [7, 11) is 0. The molecule has 6 nitrogen and oxygen atoms in total. The number of hydrogen-bond acceptors (Lipinski definition) is 5. The van der Waals surface area contributed by atoms with Crippen molar-refractivity contribution in [1.82, 2.24) is 4.90 Å². The van der Waals surface area contributed by atoms with Gasteiger partial charge in [0.05, 0.1) is 10.5 Å². The first-order valence-electron chi connectivity index (χ1n) is 6.64. The summed E-state index contributed by atoms with van der Waals surface area (Å²) < 4.78 is 5.54. The molecule has 1 aromatic carbocycles. The standard InChI is InChI=1S/C14H22N2O4/c1-4-15(11-14(2,3)17)9-10-20-13-7-5-12(6-8-13)16(18)19/h5-8,17H,4,9-11H2,1-3H3. The minimum absolute atomic E-state index is 0.0505. The predicted octanol–water partition coefficient (Wildman–Crippen LogP) is 2.07. The van der Waals surface area contributed by atoms with Gasteiger partial charge in [-0.25, -0.2) is 0 Å². The normalized spacial score (nSPS) is 11.7. The summed E-state index contributed by atoms with van der Waals surface area (Å²) >= 11 is 0. The van der Waals surface area contributed by atoms with Crippen LogP contribution in [0.5, 0.6) is 5.75 Å². The summed E-state index contributed by atoms with van der Waals surface area (Å²) in [6.45, 7) is 8.14. The van der Waals surface area contributed by atoms with Crippen LogP contribution in [0.4, 0.5) is 5.69 Å². The maximum Gasteiger partial charge on any atom is 0.269 e. The second-order valence-electron chi connectivity index (χ2n) is 5.28. The zero-order valence-corrected chi connectivity index (χ0v) is 12.2. The molecule has 0 saturated carbocycles. The molecule has 0 aliphatic heterocycles. The molecule has 0 heterocycles. The first-order chi connectivity index (χ1) is 9.31. The van der Waals surface area contributed by atoms with Crippen LogP contribution in [-0.2, 0) is 0 Å². The largest absolute Gasteiger partial charge is 0.492 e. The van der Waals surface area contributed by atoms with Crippen LogP contribution in [0.1, 0.15) is 20.8 Å². The topological polar surface area (TPSA) is 75.8 Å². The third-order valence-corrected chi connectivity index (χ3v) is 2.78. The fourth-order valence-electron chi connectivity index (χ4n) is 1.85. The fourth-order valence-corrected chi connectivity index (χ4v) is 1.85.